The van der Waals surface area contributed by atoms with E-state index in [9.17, 15) is 9.90 Å². The second-order valence-electron chi connectivity index (χ2n) is 3.22. The molecule has 0 saturated heterocycles. The van der Waals surface area contributed by atoms with E-state index in [2.05, 4.69) is 5.10 Å². The van der Waals surface area contributed by atoms with Gasteiger partial charge < -0.3 is 9.90 Å². The molecule has 1 heterocycles. The van der Waals surface area contributed by atoms with Gasteiger partial charge in [-0.25, -0.2) is 0 Å². The van der Waals surface area contributed by atoms with Crippen LogP contribution in [0.3, 0.4) is 0 Å². The van der Waals surface area contributed by atoms with Crippen molar-refractivity contribution in [2.75, 3.05) is 0 Å². The van der Waals surface area contributed by atoms with E-state index in [4.69, 9.17) is 0 Å². The van der Waals surface area contributed by atoms with Crippen LogP contribution in [0, 0.1) is 0 Å². The summed E-state index contributed by atoms with van der Waals surface area (Å²) in [6, 6.07) is 9.24. The molecule has 0 aliphatic carbocycles. The van der Waals surface area contributed by atoms with Crippen LogP contribution in [-0.4, -0.2) is 15.7 Å². The molecule has 0 aliphatic heterocycles. The van der Waals surface area contributed by atoms with Crippen LogP contribution in [-0.2, 0) is 7.05 Å². The molecule has 2 rings (SSSR count). The summed E-state index contributed by atoms with van der Waals surface area (Å²) < 4.78 is 1.47. The predicted octanol–water partition coefficient (Wildman–Crippen LogP) is -2.55. The number of carbonyl (C=O) groups is 1. The molecule has 0 amide bonds. The fourth-order valence-corrected chi connectivity index (χ4v) is 1.47. The molecule has 0 saturated carbocycles. The van der Waals surface area contributed by atoms with Crippen LogP contribution in [0.4, 0.5) is 0 Å². The van der Waals surface area contributed by atoms with E-state index in [0.717, 1.165) is 5.56 Å². The monoisotopic (exact) mass is 208 g/mol. The largest absolute Gasteiger partial charge is 1.00 e. The zero-order chi connectivity index (χ0) is 10.8. The zero-order valence-corrected chi connectivity index (χ0v) is 9.18. The van der Waals surface area contributed by atoms with Gasteiger partial charge in [-0.2, -0.15) is 5.10 Å². The Hall–Kier alpha value is -1.50. The van der Waals surface area contributed by atoms with Crippen molar-refractivity contribution in [3.8, 4) is 11.1 Å². The molecular formula is C11H9LiN2O2. The van der Waals surface area contributed by atoms with Crippen LogP contribution in [0.5, 0.6) is 0 Å². The average molecular weight is 208 g/mol. The van der Waals surface area contributed by atoms with E-state index < -0.39 is 5.97 Å². The maximum atomic E-state index is 10.8. The first kappa shape index (κ1) is 12.6. The minimum Gasteiger partial charge on any atom is -0.543 e. The Balaban J connectivity index is 0.00000128. The number of benzene rings is 1. The maximum absolute atomic E-state index is 10.8. The third-order valence-electron chi connectivity index (χ3n) is 2.11. The number of nitrogens with zero attached hydrogens (tertiary/aromatic N) is 2. The minimum atomic E-state index is -1.26. The molecule has 4 nitrogen and oxygen atoms in total. The second kappa shape index (κ2) is 5.02. The van der Waals surface area contributed by atoms with Gasteiger partial charge in [0.2, 0.25) is 0 Å². The third-order valence-corrected chi connectivity index (χ3v) is 2.11. The van der Waals surface area contributed by atoms with Crippen molar-refractivity contribution in [3.05, 3.63) is 42.2 Å². The van der Waals surface area contributed by atoms with E-state index in [-0.39, 0.29) is 24.6 Å². The van der Waals surface area contributed by atoms with Crippen LogP contribution < -0.4 is 24.0 Å². The van der Waals surface area contributed by atoms with Gasteiger partial charge in [-0.3, -0.25) is 4.68 Å². The topological polar surface area (TPSA) is 58.0 Å². The van der Waals surface area contributed by atoms with Crippen molar-refractivity contribution in [3.63, 3.8) is 0 Å². The molecular weight excluding hydrogens is 199 g/mol. The summed E-state index contributed by atoms with van der Waals surface area (Å²) >= 11 is 0. The number of carboxylic acids is 1. The van der Waals surface area contributed by atoms with E-state index in [1.807, 2.05) is 30.3 Å². The SMILES string of the molecule is Cn1cc(-c2ccccc2)c(C(=O)[O-])n1.[Li+]. The predicted molar refractivity (Wildman–Crippen MR) is 53.0 cm³/mol. The first-order valence-corrected chi connectivity index (χ1v) is 4.49. The summed E-state index contributed by atoms with van der Waals surface area (Å²) in [6.45, 7) is 0. The summed E-state index contributed by atoms with van der Waals surface area (Å²) in [4.78, 5) is 10.8. The van der Waals surface area contributed by atoms with Crippen LogP contribution >= 0.6 is 0 Å². The molecule has 5 heteroatoms. The van der Waals surface area contributed by atoms with Gasteiger partial charge in [-0.15, -0.1) is 0 Å². The van der Waals surface area contributed by atoms with Gasteiger partial charge in [-0.05, 0) is 5.56 Å². The van der Waals surface area contributed by atoms with Crippen molar-refractivity contribution in [2.24, 2.45) is 7.05 Å². The molecule has 16 heavy (non-hydrogen) atoms. The molecule has 1 aromatic heterocycles. The number of hydrogen-bond acceptors (Lipinski definition) is 3. The third kappa shape index (κ3) is 2.35. The number of rotatable bonds is 2. The average Bonchev–Trinajstić information content (AvgIpc) is 2.62. The number of aromatic nitrogens is 2. The van der Waals surface area contributed by atoms with Crippen LogP contribution in [0.15, 0.2) is 36.5 Å². The number of aryl methyl sites for hydroxylation is 1. The van der Waals surface area contributed by atoms with E-state index in [0.29, 0.717) is 5.56 Å². The van der Waals surface area contributed by atoms with Gasteiger partial charge in [0, 0.05) is 18.8 Å². The summed E-state index contributed by atoms with van der Waals surface area (Å²) in [5.74, 6) is -1.26. The first-order chi connectivity index (χ1) is 7.18. The normalized spacial score (nSPS) is 9.56. The minimum absolute atomic E-state index is 0. The molecule has 0 fully saturated rings. The van der Waals surface area contributed by atoms with Crippen molar-refractivity contribution >= 4 is 5.97 Å². The van der Waals surface area contributed by atoms with E-state index >= 15 is 0 Å². The molecule has 0 unspecified atom stereocenters. The molecule has 0 bridgehead atoms. The Morgan fingerprint density at radius 3 is 2.50 bits per heavy atom. The summed E-state index contributed by atoms with van der Waals surface area (Å²) in [7, 11) is 1.68. The maximum Gasteiger partial charge on any atom is 1.00 e. The molecule has 0 radical (unpaired) electrons. The zero-order valence-electron chi connectivity index (χ0n) is 9.18. The van der Waals surface area contributed by atoms with Gasteiger partial charge in [0.25, 0.3) is 0 Å². The van der Waals surface area contributed by atoms with Crippen LogP contribution in [0.1, 0.15) is 10.5 Å². The van der Waals surface area contributed by atoms with E-state index in [1.165, 1.54) is 4.68 Å². The summed E-state index contributed by atoms with van der Waals surface area (Å²) in [5.41, 5.74) is 1.38. The molecule has 0 N–H and O–H groups in total. The van der Waals surface area contributed by atoms with Crippen LogP contribution in [0.25, 0.3) is 11.1 Å². The molecule has 1 aromatic carbocycles. The van der Waals surface area contributed by atoms with Crippen molar-refractivity contribution in [2.45, 2.75) is 0 Å². The molecule has 0 spiro atoms. The van der Waals surface area contributed by atoms with Gasteiger partial charge in [0.15, 0.2) is 0 Å². The van der Waals surface area contributed by atoms with Gasteiger partial charge in [0.05, 0.1) is 5.97 Å². The number of aromatic carboxylic acids is 1. The summed E-state index contributed by atoms with van der Waals surface area (Å²) in [5, 5.41) is 14.7. The Morgan fingerprint density at radius 1 is 1.31 bits per heavy atom. The fourth-order valence-electron chi connectivity index (χ4n) is 1.47. The Labute approximate surface area is 105 Å². The summed E-state index contributed by atoms with van der Waals surface area (Å²) in [6.07, 6.45) is 1.67. The Kier molecular flexibility index (Phi) is 3.94. The molecule has 76 valence electrons. The van der Waals surface area contributed by atoms with Gasteiger partial charge in [0.1, 0.15) is 5.69 Å². The second-order valence-corrected chi connectivity index (χ2v) is 3.22. The quantitative estimate of drug-likeness (QED) is 0.511. The van der Waals surface area contributed by atoms with Crippen molar-refractivity contribution in [1.82, 2.24) is 9.78 Å². The van der Waals surface area contributed by atoms with Gasteiger partial charge in [-0.1, -0.05) is 30.3 Å². The Morgan fingerprint density at radius 2 is 1.94 bits per heavy atom. The van der Waals surface area contributed by atoms with Crippen molar-refractivity contribution in [1.29, 1.82) is 0 Å². The molecule has 0 aliphatic rings. The molecule has 0 atom stereocenters. The fraction of sp³-hybridized carbons (Fsp3) is 0.0909. The number of hydrogen-bond donors (Lipinski definition) is 0. The Bertz CT molecular complexity index is 494. The van der Waals surface area contributed by atoms with Crippen LogP contribution in [0.2, 0.25) is 0 Å². The van der Waals surface area contributed by atoms with Crippen molar-refractivity contribution < 1.29 is 28.8 Å². The number of carboxylic acid groups (broad SMARTS) is 1. The smallest absolute Gasteiger partial charge is 0.543 e. The standard InChI is InChI=1S/C11H10N2O2.Li/c1-13-7-9(10(12-13)11(14)15)8-5-3-2-4-6-8;/h2-7H,1H3,(H,14,15);/q;+1/p-1. The molecule has 2 aromatic rings. The number of carbonyl (C=O) groups excluding carboxylic acids is 1. The van der Waals surface area contributed by atoms with Gasteiger partial charge >= 0.3 is 18.9 Å². The first-order valence-electron chi connectivity index (χ1n) is 4.49. The van der Waals surface area contributed by atoms with E-state index in [1.54, 1.807) is 13.2 Å².